The fourth-order valence-corrected chi connectivity index (χ4v) is 1.79. The maximum atomic E-state index is 12.0. The van der Waals surface area contributed by atoms with Crippen LogP contribution in [-0.4, -0.2) is 56.4 Å². The van der Waals surface area contributed by atoms with Gasteiger partial charge in [0.05, 0.1) is 20.3 Å². The number of carbonyl (C=O) groups is 2. The molecule has 18 heavy (non-hydrogen) atoms. The first-order chi connectivity index (χ1) is 8.60. The third kappa shape index (κ3) is 3.87. The number of carbonyl (C=O) groups excluding carboxylic acids is 2. The molecule has 0 aromatic rings. The lowest BCUT2D eigenvalue weighted by Crippen LogP contribution is -2.53. The zero-order valence-electron chi connectivity index (χ0n) is 11.3. The minimum atomic E-state index is -0.588. The molecule has 1 aliphatic heterocycles. The fraction of sp³-hybridized carbons (Fsp3) is 0.833. The highest BCUT2D eigenvalue weighted by molar-refractivity contribution is 5.83. The molecule has 1 heterocycles. The highest BCUT2D eigenvalue weighted by Crippen LogP contribution is 2.10. The minimum absolute atomic E-state index is 0.0439. The third-order valence-electron chi connectivity index (χ3n) is 3.25. The first-order valence-electron chi connectivity index (χ1n) is 6.31. The number of ether oxygens (including phenoxy) is 2. The summed E-state index contributed by atoms with van der Waals surface area (Å²) in [4.78, 5) is 25.3. The standard InChI is InChI=1S/C12H22N2O4/c1-4-9(2)10(11(15)17-3)13-12(16)14-5-7-18-8-6-14/h9-10H,4-8H2,1-3H3,(H,13,16)/t9-,10+/m0/s1. The van der Waals surface area contributed by atoms with Crippen molar-refractivity contribution in [3.8, 4) is 0 Å². The van der Waals surface area contributed by atoms with Gasteiger partial charge in [-0.05, 0) is 5.92 Å². The molecule has 0 aliphatic carbocycles. The second-order valence-corrected chi connectivity index (χ2v) is 4.44. The maximum Gasteiger partial charge on any atom is 0.328 e. The highest BCUT2D eigenvalue weighted by Gasteiger charge is 2.28. The van der Waals surface area contributed by atoms with Gasteiger partial charge in [0.15, 0.2) is 0 Å². The summed E-state index contributed by atoms with van der Waals surface area (Å²) in [5, 5.41) is 2.74. The molecule has 2 amide bonds. The average Bonchev–Trinajstić information content (AvgIpc) is 2.43. The third-order valence-corrected chi connectivity index (χ3v) is 3.25. The van der Waals surface area contributed by atoms with Crippen LogP contribution >= 0.6 is 0 Å². The van der Waals surface area contributed by atoms with Gasteiger partial charge in [0.2, 0.25) is 0 Å². The number of morpholine rings is 1. The van der Waals surface area contributed by atoms with Crippen molar-refractivity contribution >= 4 is 12.0 Å². The quantitative estimate of drug-likeness (QED) is 0.750. The molecule has 0 spiro atoms. The summed E-state index contributed by atoms with van der Waals surface area (Å²) in [6.45, 7) is 6.09. The lowest BCUT2D eigenvalue weighted by atomic mass is 9.99. The maximum absolute atomic E-state index is 12.0. The topological polar surface area (TPSA) is 67.9 Å². The smallest absolute Gasteiger partial charge is 0.328 e. The van der Waals surface area contributed by atoms with Crippen molar-refractivity contribution in [1.29, 1.82) is 0 Å². The zero-order valence-corrected chi connectivity index (χ0v) is 11.3. The molecular weight excluding hydrogens is 236 g/mol. The summed E-state index contributed by atoms with van der Waals surface area (Å²) in [5.74, 6) is -0.353. The molecule has 0 aromatic heterocycles. The van der Waals surface area contributed by atoms with Crippen molar-refractivity contribution in [3.05, 3.63) is 0 Å². The van der Waals surface area contributed by atoms with E-state index in [9.17, 15) is 9.59 Å². The van der Waals surface area contributed by atoms with Crippen molar-refractivity contribution in [2.75, 3.05) is 33.4 Å². The van der Waals surface area contributed by atoms with E-state index in [1.165, 1.54) is 7.11 Å². The predicted octanol–water partition coefficient (Wildman–Crippen LogP) is 0.616. The van der Waals surface area contributed by atoms with E-state index in [0.29, 0.717) is 26.3 Å². The Morgan fingerprint density at radius 2 is 2.00 bits per heavy atom. The Morgan fingerprint density at radius 3 is 2.50 bits per heavy atom. The Hall–Kier alpha value is -1.30. The summed E-state index contributed by atoms with van der Waals surface area (Å²) in [5.41, 5.74) is 0. The van der Waals surface area contributed by atoms with Crippen LogP contribution in [0, 0.1) is 5.92 Å². The summed E-state index contributed by atoms with van der Waals surface area (Å²) < 4.78 is 9.91. The first-order valence-corrected chi connectivity index (χ1v) is 6.31. The van der Waals surface area contributed by atoms with Gasteiger partial charge >= 0.3 is 12.0 Å². The molecule has 0 aromatic carbocycles. The second-order valence-electron chi connectivity index (χ2n) is 4.44. The van der Waals surface area contributed by atoms with Gasteiger partial charge < -0.3 is 19.7 Å². The van der Waals surface area contributed by atoms with Crippen molar-refractivity contribution < 1.29 is 19.1 Å². The van der Waals surface area contributed by atoms with Gasteiger partial charge in [0.1, 0.15) is 6.04 Å². The van der Waals surface area contributed by atoms with E-state index in [2.05, 4.69) is 5.32 Å². The van der Waals surface area contributed by atoms with Crippen molar-refractivity contribution in [2.24, 2.45) is 5.92 Å². The largest absolute Gasteiger partial charge is 0.467 e. The van der Waals surface area contributed by atoms with E-state index >= 15 is 0 Å². The fourth-order valence-electron chi connectivity index (χ4n) is 1.79. The van der Waals surface area contributed by atoms with Gasteiger partial charge in [-0.1, -0.05) is 20.3 Å². The predicted molar refractivity (Wildman–Crippen MR) is 66.2 cm³/mol. The molecule has 0 saturated carbocycles. The lowest BCUT2D eigenvalue weighted by Gasteiger charge is -2.30. The normalized spacial score (nSPS) is 18.9. The van der Waals surface area contributed by atoms with Crippen molar-refractivity contribution in [1.82, 2.24) is 10.2 Å². The molecular formula is C12H22N2O4. The van der Waals surface area contributed by atoms with Crippen LogP contribution in [0.4, 0.5) is 4.79 Å². The molecule has 1 N–H and O–H groups in total. The van der Waals surface area contributed by atoms with Crippen molar-refractivity contribution in [2.45, 2.75) is 26.3 Å². The number of hydrogen-bond donors (Lipinski definition) is 1. The molecule has 6 nitrogen and oxygen atoms in total. The number of nitrogens with one attached hydrogen (secondary N) is 1. The number of amides is 2. The summed E-state index contributed by atoms with van der Waals surface area (Å²) in [6.07, 6.45) is 0.795. The number of hydrogen-bond acceptors (Lipinski definition) is 4. The Morgan fingerprint density at radius 1 is 1.39 bits per heavy atom. The molecule has 6 heteroatoms. The number of urea groups is 1. The van der Waals surface area contributed by atoms with E-state index in [1.807, 2.05) is 13.8 Å². The molecule has 2 atom stereocenters. The van der Waals surface area contributed by atoms with Gasteiger partial charge in [-0.15, -0.1) is 0 Å². The van der Waals surface area contributed by atoms with E-state index in [-0.39, 0.29) is 11.9 Å². The van der Waals surface area contributed by atoms with Crippen LogP contribution in [0.1, 0.15) is 20.3 Å². The molecule has 0 unspecified atom stereocenters. The number of rotatable bonds is 4. The first kappa shape index (κ1) is 14.8. The molecule has 1 saturated heterocycles. The van der Waals surface area contributed by atoms with Gasteiger partial charge in [-0.2, -0.15) is 0 Å². The number of nitrogens with zero attached hydrogens (tertiary/aromatic N) is 1. The monoisotopic (exact) mass is 258 g/mol. The van der Waals surface area contributed by atoms with Gasteiger partial charge in [-0.3, -0.25) is 0 Å². The molecule has 104 valence electrons. The van der Waals surface area contributed by atoms with Gasteiger partial charge in [-0.25, -0.2) is 9.59 Å². The Balaban J connectivity index is 2.58. The highest BCUT2D eigenvalue weighted by atomic mass is 16.5. The number of esters is 1. The molecule has 1 aliphatic rings. The van der Waals surface area contributed by atoms with Crippen LogP contribution < -0.4 is 5.32 Å². The summed E-state index contributed by atoms with van der Waals surface area (Å²) >= 11 is 0. The van der Waals surface area contributed by atoms with Crippen molar-refractivity contribution in [3.63, 3.8) is 0 Å². The molecule has 1 fully saturated rings. The lowest BCUT2D eigenvalue weighted by molar-refractivity contribution is -0.144. The average molecular weight is 258 g/mol. The van der Waals surface area contributed by atoms with E-state index in [1.54, 1.807) is 4.90 Å². The molecule has 1 rings (SSSR count). The van der Waals surface area contributed by atoms with Crippen LogP contribution in [0.15, 0.2) is 0 Å². The Kier molecular flexibility index (Phi) is 5.91. The SMILES string of the molecule is CC[C@H](C)[C@@H](NC(=O)N1CCOCC1)C(=O)OC. The molecule has 0 radical (unpaired) electrons. The number of methoxy groups -OCH3 is 1. The van der Waals surface area contributed by atoms with Gasteiger partial charge in [0, 0.05) is 13.1 Å². The Bertz CT molecular complexity index is 290. The van der Waals surface area contributed by atoms with E-state index < -0.39 is 12.0 Å². The van der Waals surface area contributed by atoms with E-state index in [0.717, 1.165) is 6.42 Å². The van der Waals surface area contributed by atoms with Crippen LogP contribution in [0.2, 0.25) is 0 Å². The van der Waals surface area contributed by atoms with Crippen LogP contribution in [-0.2, 0) is 14.3 Å². The second kappa shape index (κ2) is 7.20. The summed E-state index contributed by atoms with van der Waals surface area (Å²) in [7, 11) is 1.33. The van der Waals surface area contributed by atoms with Crippen LogP contribution in [0.3, 0.4) is 0 Å². The van der Waals surface area contributed by atoms with Gasteiger partial charge in [0.25, 0.3) is 0 Å². The Labute approximate surface area is 108 Å². The van der Waals surface area contributed by atoms with E-state index in [4.69, 9.17) is 9.47 Å². The molecule has 0 bridgehead atoms. The van der Waals surface area contributed by atoms with Crippen LogP contribution in [0.25, 0.3) is 0 Å². The minimum Gasteiger partial charge on any atom is -0.467 e. The summed E-state index contributed by atoms with van der Waals surface area (Å²) in [6, 6.07) is -0.815. The zero-order chi connectivity index (χ0) is 13.5. The van der Waals surface area contributed by atoms with Crippen LogP contribution in [0.5, 0.6) is 0 Å².